The van der Waals surface area contributed by atoms with Gasteiger partial charge in [-0.25, -0.2) is 19.7 Å². The van der Waals surface area contributed by atoms with Crippen molar-refractivity contribution in [3.8, 4) is 56.4 Å². The number of fused-ring (bicyclic) bond motifs is 6. The maximum absolute atomic E-state index is 12.5. The number of benzene rings is 7. The van der Waals surface area contributed by atoms with Crippen LogP contribution in [0, 0.1) is 0 Å². The second-order valence-corrected chi connectivity index (χ2v) is 13.4. The molecule has 53 heavy (non-hydrogen) atoms. The SMILES string of the molecule is Cn1c(=O)n(C)c2cc(-c3ccc(-c4nc(-c5ccccc5)nc(-c5ccc(-c6cccc7oc8c9ccccc9ccc8c67)cc5)n4)cc3)ccc21. The first-order chi connectivity index (χ1) is 26.0. The van der Waals surface area contributed by atoms with Gasteiger partial charge in [0, 0.05) is 46.9 Å². The van der Waals surface area contributed by atoms with Crippen LogP contribution in [0.2, 0.25) is 0 Å². The molecule has 7 aromatic carbocycles. The lowest BCUT2D eigenvalue weighted by Crippen LogP contribution is -2.19. The molecule has 0 saturated heterocycles. The quantitative estimate of drug-likeness (QED) is 0.180. The summed E-state index contributed by atoms with van der Waals surface area (Å²) in [6.45, 7) is 0. The number of furan rings is 1. The summed E-state index contributed by atoms with van der Waals surface area (Å²) < 4.78 is 9.80. The highest BCUT2D eigenvalue weighted by molar-refractivity contribution is 6.19. The Kier molecular flexibility index (Phi) is 6.94. The van der Waals surface area contributed by atoms with Gasteiger partial charge in [-0.1, -0.05) is 127 Å². The van der Waals surface area contributed by atoms with E-state index >= 15 is 0 Å². The molecule has 0 spiro atoms. The first kappa shape index (κ1) is 30.7. The Morgan fingerprint density at radius 1 is 0.472 bits per heavy atom. The molecule has 3 heterocycles. The third-order valence-electron chi connectivity index (χ3n) is 10.3. The molecule has 0 aliphatic carbocycles. The smallest absolute Gasteiger partial charge is 0.328 e. The summed E-state index contributed by atoms with van der Waals surface area (Å²) >= 11 is 0. The van der Waals surface area contributed by atoms with E-state index < -0.39 is 0 Å². The zero-order chi connectivity index (χ0) is 35.6. The van der Waals surface area contributed by atoms with Crippen LogP contribution in [0.5, 0.6) is 0 Å². The zero-order valence-electron chi connectivity index (χ0n) is 29.0. The summed E-state index contributed by atoms with van der Waals surface area (Å²) in [6, 6.07) is 51.6. The molecule has 0 atom stereocenters. The van der Waals surface area contributed by atoms with Crippen molar-refractivity contribution in [2.24, 2.45) is 14.1 Å². The molecule has 0 saturated carbocycles. The molecule has 0 aliphatic rings. The average Bonchev–Trinajstić information content (AvgIpc) is 3.72. The van der Waals surface area contributed by atoms with Crippen LogP contribution in [0.15, 0.2) is 161 Å². The van der Waals surface area contributed by atoms with E-state index in [4.69, 9.17) is 19.4 Å². The van der Waals surface area contributed by atoms with Crippen molar-refractivity contribution in [1.82, 2.24) is 24.1 Å². The Morgan fingerprint density at radius 3 is 1.77 bits per heavy atom. The van der Waals surface area contributed by atoms with E-state index in [9.17, 15) is 4.79 Å². The van der Waals surface area contributed by atoms with Crippen LogP contribution in [-0.4, -0.2) is 24.1 Å². The Labute approximate surface area is 304 Å². The van der Waals surface area contributed by atoms with Gasteiger partial charge < -0.3 is 4.42 Å². The molecule has 0 amide bonds. The van der Waals surface area contributed by atoms with Crippen molar-refractivity contribution in [2.45, 2.75) is 0 Å². The lowest BCUT2D eigenvalue weighted by Gasteiger charge is -2.10. The minimum atomic E-state index is -0.0419. The number of aromatic nitrogens is 5. The monoisotopic (exact) mass is 685 g/mol. The molecule has 3 aromatic heterocycles. The highest BCUT2D eigenvalue weighted by atomic mass is 16.3. The van der Waals surface area contributed by atoms with E-state index in [0.29, 0.717) is 17.5 Å². The molecule has 0 N–H and O–H groups in total. The highest BCUT2D eigenvalue weighted by Gasteiger charge is 2.17. The minimum Gasteiger partial charge on any atom is -0.455 e. The van der Waals surface area contributed by atoms with Crippen LogP contribution >= 0.6 is 0 Å². The van der Waals surface area contributed by atoms with Gasteiger partial charge in [-0.3, -0.25) is 9.13 Å². The van der Waals surface area contributed by atoms with Crippen molar-refractivity contribution in [1.29, 1.82) is 0 Å². The van der Waals surface area contributed by atoms with Crippen LogP contribution in [-0.2, 0) is 14.1 Å². The third-order valence-corrected chi connectivity index (χ3v) is 10.3. The van der Waals surface area contributed by atoms with Crippen molar-refractivity contribution in [3.63, 3.8) is 0 Å². The van der Waals surface area contributed by atoms with Crippen molar-refractivity contribution in [2.75, 3.05) is 0 Å². The first-order valence-electron chi connectivity index (χ1n) is 17.5. The second-order valence-electron chi connectivity index (χ2n) is 13.4. The number of nitrogens with zero attached hydrogens (tertiary/aromatic N) is 5. The average molecular weight is 686 g/mol. The Morgan fingerprint density at radius 2 is 1.06 bits per heavy atom. The predicted molar refractivity (Wildman–Crippen MR) is 214 cm³/mol. The number of rotatable bonds is 5. The third kappa shape index (κ3) is 5.05. The van der Waals surface area contributed by atoms with Crippen molar-refractivity contribution in [3.05, 3.63) is 162 Å². The van der Waals surface area contributed by atoms with Crippen LogP contribution in [0.1, 0.15) is 0 Å². The van der Waals surface area contributed by atoms with Crippen LogP contribution in [0.25, 0.3) is 100 Å². The van der Waals surface area contributed by atoms with Crippen molar-refractivity contribution >= 4 is 43.7 Å². The molecule has 252 valence electrons. The molecule has 0 bridgehead atoms. The summed E-state index contributed by atoms with van der Waals surface area (Å²) in [5.41, 5.74) is 10.5. The van der Waals surface area contributed by atoms with Gasteiger partial charge in [-0.05, 0) is 51.9 Å². The lowest BCUT2D eigenvalue weighted by molar-refractivity contribution is 0.673. The molecule has 0 unspecified atom stereocenters. The Hall–Kier alpha value is -7.12. The van der Waals surface area contributed by atoms with Gasteiger partial charge in [-0.2, -0.15) is 0 Å². The Bertz CT molecular complexity index is 3080. The summed E-state index contributed by atoms with van der Waals surface area (Å²) in [5.74, 6) is 1.79. The summed E-state index contributed by atoms with van der Waals surface area (Å²) in [6.07, 6.45) is 0. The van der Waals surface area contributed by atoms with E-state index in [0.717, 1.165) is 82.7 Å². The summed E-state index contributed by atoms with van der Waals surface area (Å²) in [4.78, 5) is 27.4. The molecule has 7 nitrogen and oxygen atoms in total. The molecular formula is C46H31N5O2. The fourth-order valence-corrected chi connectivity index (χ4v) is 7.44. The van der Waals surface area contributed by atoms with Gasteiger partial charge in [0.05, 0.1) is 11.0 Å². The van der Waals surface area contributed by atoms with E-state index in [1.54, 1.807) is 23.2 Å². The first-order valence-corrected chi connectivity index (χ1v) is 17.5. The fraction of sp³-hybridized carbons (Fsp3) is 0.0435. The lowest BCUT2D eigenvalue weighted by atomic mass is 9.97. The van der Waals surface area contributed by atoms with E-state index in [1.165, 1.54) is 0 Å². The standard InChI is InChI=1S/C46H31N5O2/c1-50-38-26-24-34(27-39(38)51(2)46(50)52)28-15-19-32(20-16-28)44-47-43(31-10-4-3-5-11-31)48-45(49-44)33-21-17-30(18-22-33)35-13-8-14-40-41(35)37-25-23-29-9-6-7-12-36(29)42(37)53-40/h3-27H,1-2H3. The summed E-state index contributed by atoms with van der Waals surface area (Å²) in [7, 11) is 3.60. The molecule has 10 aromatic rings. The van der Waals surface area contributed by atoms with Crippen LogP contribution < -0.4 is 5.69 Å². The maximum Gasteiger partial charge on any atom is 0.328 e. The number of imidazole rings is 1. The minimum absolute atomic E-state index is 0.0419. The Balaban J connectivity index is 1.04. The number of hydrogen-bond donors (Lipinski definition) is 0. The number of aryl methyl sites for hydroxylation is 2. The van der Waals surface area contributed by atoms with Gasteiger partial charge in [0.15, 0.2) is 17.5 Å². The van der Waals surface area contributed by atoms with Gasteiger partial charge >= 0.3 is 5.69 Å². The highest BCUT2D eigenvalue weighted by Crippen LogP contribution is 2.40. The molecular weight excluding hydrogens is 655 g/mol. The summed E-state index contributed by atoms with van der Waals surface area (Å²) in [5, 5.41) is 4.47. The molecule has 0 fully saturated rings. The number of hydrogen-bond acceptors (Lipinski definition) is 5. The van der Waals surface area contributed by atoms with Crippen molar-refractivity contribution < 1.29 is 4.42 Å². The molecule has 10 rings (SSSR count). The topological polar surface area (TPSA) is 78.7 Å². The van der Waals surface area contributed by atoms with E-state index in [1.807, 2.05) is 66.7 Å². The van der Waals surface area contributed by atoms with E-state index in [-0.39, 0.29) is 5.69 Å². The maximum atomic E-state index is 12.5. The van der Waals surface area contributed by atoms with Gasteiger partial charge in [0.1, 0.15) is 11.2 Å². The van der Waals surface area contributed by atoms with Gasteiger partial charge in [0.2, 0.25) is 0 Å². The van der Waals surface area contributed by atoms with Gasteiger partial charge in [0.25, 0.3) is 0 Å². The normalized spacial score (nSPS) is 11.7. The molecule has 7 heteroatoms. The fourth-order valence-electron chi connectivity index (χ4n) is 7.44. The largest absolute Gasteiger partial charge is 0.455 e. The zero-order valence-corrected chi connectivity index (χ0v) is 29.0. The predicted octanol–water partition coefficient (Wildman–Crippen LogP) is 10.4. The second kappa shape index (κ2) is 12.0. The van der Waals surface area contributed by atoms with E-state index in [2.05, 4.69) is 84.9 Å². The van der Waals surface area contributed by atoms with Gasteiger partial charge in [-0.15, -0.1) is 0 Å². The van der Waals surface area contributed by atoms with Crippen LogP contribution in [0.3, 0.4) is 0 Å². The molecule has 0 aliphatic heterocycles. The molecule has 0 radical (unpaired) electrons. The van der Waals surface area contributed by atoms with Crippen LogP contribution in [0.4, 0.5) is 0 Å².